The van der Waals surface area contributed by atoms with Crippen LogP contribution in [-0.4, -0.2) is 60.7 Å². The molecule has 3 rings (SSSR count). The number of piperazine rings is 1. The second-order valence-corrected chi connectivity index (χ2v) is 8.14. The van der Waals surface area contributed by atoms with Gasteiger partial charge in [-0.3, -0.25) is 14.4 Å². The molecule has 3 amide bonds. The second kappa shape index (κ2) is 7.09. The van der Waals surface area contributed by atoms with Crippen LogP contribution in [0.5, 0.6) is 0 Å². The number of anilines is 1. The number of carbonyl (C=O) groups is 3. The lowest BCUT2D eigenvalue weighted by Gasteiger charge is -2.34. The smallest absolute Gasteiger partial charge is 0.228 e. The highest BCUT2D eigenvalue weighted by molar-refractivity contribution is 6.01. The molecule has 0 aliphatic carbocycles. The molecule has 1 aromatic rings. The van der Waals surface area contributed by atoms with E-state index in [0.29, 0.717) is 32.7 Å². The largest absolute Gasteiger partial charge is 0.342 e. The van der Waals surface area contributed by atoms with Crippen LogP contribution in [0.25, 0.3) is 0 Å². The quantitative estimate of drug-likeness (QED) is 0.773. The minimum Gasteiger partial charge on any atom is -0.342 e. The SMILES string of the molecule is CC(C)(C)c1ccccc1N1CC(C(=O)N2CCN(C=O)CC2)CC1=O. The van der Waals surface area contributed by atoms with Gasteiger partial charge in [-0.25, -0.2) is 0 Å². The van der Waals surface area contributed by atoms with Crippen molar-refractivity contribution >= 4 is 23.9 Å². The highest BCUT2D eigenvalue weighted by atomic mass is 16.2. The summed E-state index contributed by atoms with van der Waals surface area (Å²) >= 11 is 0. The van der Waals surface area contributed by atoms with E-state index < -0.39 is 0 Å². The highest BCUT2D eigenvalue weighted by Gasteiger charge is 2.39. The molecular weight excluding hydrogens is 330 g/mol. The van der Waals surface area contributed by atoms with E-state index in [1.165, 1.54) is 0 Å². The summed E-state index contributed by atoms with van der Waals surface area (Å²) in [5, 5.41) is 0. The number of hydrogen-bond donors (Lipinski definition) is 0. The highest BCUT2D eigenvalue weighted by Crippen LogP contribution is 2.35. The minimum atomic E-state index is -0.307. The molecule has 0 aromatic heterocycles. The molecule has 2 heterocycles. The third kappa shape index (κ3) is 3.59. The standard InChI is InChI=1S/C20H27N3O3/c1-20(2,3)16-6-4-5-7-17(16)23-13-15(12-18(23)25)19(26)22-10-8-21(14-24)9-11-22/h4-7,14-15H,8-13H2,1-3H3. The zero-order valence-corrected chi connectivity index (χ0v) is 15.8. The van der Waals surface area contributed by atoms with Gasteiger partial charge in [-0.15, -0.1) is 0 Å². The van der Waals surface area contributed by atoms with Gasteiger partial charge in [-0.05, 0) is 17.0 Å². The minimum absolute atomic E-state index is 0.00609. The first-order valence-corrected chi connectivity index (χ1v) is 9.19. The molecule has 1 unspecified atom stereocenters. The van der Waals surface area contributed by atoms with Gasteiger partial charge in [-0.2, -0.15) is 0 Å². The van der Waals surface area contributed by atoms with Gasteiger partial charge in [0.15, 0.2) is 0 Å². The Kier molecular flexibility index (Phi) is 5.03. The molecule has 0 saturated carbocycles. The molecule has 140 valence electrons. The van der Waals surface area contributed by atoms with Crippen LogP contribution >= 0.6 is 0 Å². The average molecular weight is 357 g/mol. The number of rotatable bonds is 3. The third-order valence-corrected chi connectivity index (χ3v) is 5.25. The topological polar surface area (TPSA) is 60.9 Å². The van der Waals surface area contributed by atoms with E-state index in [-0.39, 0.29) is 29.6 Å². The average Bonchev–Trinajstić information content (AvgIpc) is 3.02. The Bertz CT molecular complexity index is 702. The van der Waals surface area contributed by atoms with Gasteiger partial charge in [0.25, 0.3) is 0 Å². The number of para-hydroxylation sites is 1. The lowest BCUT2D eigenvalue weighted by atomic mass is 9.85. The van der Waals surface area contributed by atoms with Crippen LogP contribution in [0.2, 0.25) is 0 Å². The van der Waals surface area contributed by atoms with Gasteiger partial charge in [-0.1, -0.05) is 39.0 Å². The molecule has 0 radical (unpaired) electrons. The zero-order valence-electron chi connectivity index (χ0n) is 15.8. The lowest BCUT2D eigenvalue weighted by molar-refractivity contribution is -0.139. The Morgan fingerprint density at radius 2 is 1.77 bits per heavy atom. The van der Waals surface area contributed by atoms with Crippen molar-refractivity contribution in [3.05, 3.63) is 29.8 Å². The Morgan fingerprint density at radius 3 is 2.38 bits per heavy atom. The maximum Gasteiger partial charge on any atom is 0.228 e. The predicted octanol–water partition coefficient (Wildman–Crippen LogP) is 1.64. The fraction of sp³-hybridized carbons (Fsp3) is 0.550. The van der Waals surface area contributed by atoms with Gasteiger partial charge in [0.1, 0.15) is 0 Å². The predicted molar refractivity (Wildman–Crippen MR) is 99.8 cm³/mol. The number of hydrogen-bond acceptors (Lipinski definition) is 3. The summed E-state index contributed by atoms with van der Waals surface area (Å²) in [6.07, 6.45) is 1.08. The van der Waals surface area contributed by atoms with Crippen LogP contribution in [0.15, 0.2) is 24.3 Å². The number of amides is 3. The molecule has 6 nitrogen and oxygen atoms in total. The molecule has 0 N–H and O–H groups in total. The maximum absolute atomic E-state index is 12.8. The molecule has 2 aliphatic rings. The van der Waals surface area contributed by atoms with E-state index in [1.807, 2.05) is 18.2 Å². The van der Waals surface area contributed by atoms with E-state index in [1.54, 1.807) is 14.7 Å². The van der Waals surface area contributed by atoms with Crippen molar-refractivity contribution in [2.75, 3.05) is 37.6 Å². The van der Waals surface area contributed by atoms with Crippen molar-refractivity contribution in [2.45, 2.75) is 32.6 Å². The molecule has 2 fully saturated rings. The lowest BCUT2D eigenvalue weighted by Crippen LogP contribution is -2.50. The van der Waals surface area contributed by atoms with Crippen LogP contribution in [0.4, 0.5) is 5.69 Å². The van der Waals surface area contributed by atoms with Crippen LogP contribution in [0.3, 0.4) is 0 Å². The summed E-state index contributed by atoms with van der Waals surface area (Å²) in [6.45, 7) is 9.02. The van der Waals surface area contributed by atoms with Crippen LogP contribution in [-0.2, 0) is 19.8 Å². The van der Waals surface area contributed by atoms with Crippen molar-refractivity contribution in [3.8, 4) is 0 Å². The summed E-state index contributed by atoms with van der Waals surface area (Å²) in [4.78, 5) is 41.5. The van der Waals surface area contributed by atoms with Crippen LogP contribution < -0.4 is 4.90 Å². The van der Waals surface area contributed by atoms with Crippen LogP contribution in [0, 0.1) is 5.92 Å². The van der Waals surface area contributed by atoms with Crippen molar-refractivity contribution in [3.63, 3.8) is 0 Å². The van der Waals surface area contributed by atoms with Crippen molar-refractivity contribution in [2.24, 2.45) is 5.92 Å². The molecule has 26 heavy (non-hydrogen) atoms. The molecule has 0 bridgehead atoms. The van der Waals surface area contributed by atoms with E-state index in [4.69, 9.17) is 0 Å². The van der Waals surface area contributed by atoms with Crippen molar-refractivity contribution in [1.82, 2.24) is 9.80 Å². The first kappa shape index (κ1) is 18.4. The molecular formula is C20H27N3O3. The fourth-order valence-electron chi connectivity index (χ4n) is 3.75. The van der Waals surface area contributed by atoms with Gasteiger partial charge in [0, 0.05) is 44.8 Å². The Hall–Kier alpha value is -2.37. The normalized spacial score (nSPS) is 21.3. The number of benzene rings is 1. The molecule has 1 aromatic carbocycles. The van der Waals surface area contributed by atoms with Gasteiger partial charge in [0.05, 0.1) is 5.92 Å². The van der Waals surface area contributed by atoms with Crippen molar-refractivity contribution in [1.29, 1.82) is 0 Å². The molecule has 2 aliphatic heterocycles. The summed E-state index contributed by atoms with van der Waals surface area (Å²) in [7, 11) is 0. The first-order chi connectivity index (χ1) is 12.3. The summed E-state index contributed by atoms with van der Waals surface area (Å²) in [6, 6.07) is 7.94. The summed E-state index contributed by atoms with van der Waals surface area (Å²) < 4.78 is 0. The van der Waals surface area contributed by atoms with Crippen molar-refractivity contribution < 1.29 is 14.4 Å². The Balaban J connectivity index is 1.74. The second-order valence-electron chi connectivity index (χ2n) is 8.14. The van der Waals surface area contributed by atoms with Gasteiger partial charge < -0.3 is 14.7 Å². The summed E-state index contributed by atoms with van der Waals surface area (Å²) in [5.41, 5.74) is 1.94. The van der Waals surface area contributed by atoms with Gasteiger partial charge in [0.2, 0.25) is 18.2 Å². The maximum atomic E-state index is 12.8. The fourth-order valence-corrected chi connectivity index (χ4v) is 3.75. The van der Waals surface area contributed by atoms with Gasteiger partial charge >= 0.3 is 0 Å². The summed E-state index contributed by atoms with van der Waals surface area (Å²) in [5.74, 6) is -0.274. The van der Waals surface area contributed by atoms with Crippen LogP contribution in [0.1, 0.15) is 32.8 Å². The third-order valence-electron chi connectivity index (χ3n) is 5.25. The van der Waals surface area contributed by atoms with E-state index >= 15 is 0 Å². The zero-order chi connectivity index (χ0) is 18.9. The monoisotopic (exact) mass is 357 g/mol. The van der Waals surface area contributed by atoms with E-state index in [0.717, 1.165) is 17.7 Å². The number of nitrogens with zero attached hydrogens (tertiary/aromatic N) is 3. The van der Waals surface area contributed by atoms with E-state index in [9.17, 15) is 14.4 Å². The number of carbonyl (C=O) groups excluding carboxylic acids is 3. The Labute approximate surface area is 154 Å². The first-order valence-electron chi connectivity index (χ1n) is 9.19. The molecule has 1 atom stereocenters. The molecule has 6 heteroatoms. The molecule has 2 saturated heterocycles. The Morgan fingerprint density at radius 1 is 1.12 bits per heavy atom. The molecule has 0 spiro atoms. The van der Waals surface area contributed by atoms with E-state index in [2.05, 4.69) is 26.8 Å².